The van der Waals surface area contributed by atoms with Gasteiger partial charge in [0.05, 0.1) is 17.4 Å². The lowest BCUT2D eigenvalue weighted by molar-refractivity contribution is 0.467. The second-order valence-corrected chi connectivity index (χ2v) is 8.87. The quantitative estimate of drug-likeness (QED) is 0.815. The third kappa shape index (κ3) is 4.30. The first-order valence-corrected chi connectivity index (χ1v) is 10.1. The highest BCUT2D eigenvalue weighted by Gasteiger charge is 2.22. The van der Waals surface area contributed by atoms with Crippen LogP contribution < -0.4 is 4.72 Å². The van der Waals surface area contributed by atoms with E-state index in [2.05, 4.69) is 28.8 Å². The van der Waals surface area contributed by atoms with Crippen LogP contribution in [0.5, 0.6) is 0 Å². The number of nitrogens with zero attached hydrogens (tertiary/aromatic N) is 4. The van der Waals surface area contributed by atoms with E-state index in [9.17, 15) is 8.42 Å². The van der Waals surface area contributed by atoms with Crippen LogP contribution in [-0.2, 0) is 16.6 Å². The van der Waals surface area contributed by atoms with E-state index in [1.165, 1.54) is 0 Å². The molecule has 8 heteroatoms. The normalized spacial score (nSPS) is 13.6. The van der Waals surface area contributed by atoms with E-state index in [1.54, 1.807) is 17.8 Å². The molecule has 0 fully saturated rings. The summed E-state index contributed by atoms with van der Waals surface area (Å²) in [6.45, 7) is 14.8. The van der Waals surface area contributed by atoms with Crippen LogP contribution >= 0.6 is 0 Å². The molecule has 0 spiro atoms. The van der Waals surface area contributed by atoms with E-state index in [-0.39, 0.29) is 17.5 Å². The Morgan fingerprint density at radius 3 is 2.24 bits per heavy atom. The highest BCUT2D eigenvalue weighted by Crippen LogP contribution is 2.18. The van der Waals surface area contributed by atoms with Crippen LogP contribution in [0.15, 0.2) is 11.1 Å². The number of aryl methyl sites for hydroxylation is 2. The molecule has 0 aliphatic heterocycles. The summed E-state index contributed by atoms with van der Waals surface area (Å²) in [4.78, 5) is 0.241. The van der Waals surface area contributed by atoms with Crippen molar-refractivity contribution in [2.45, 2.75) is 65.9 Å². The predicted octanol–water partition coefficient (Wildman–Crippen LogP) is 2.51. The number of hydrogen-bond donors (Lipinski definition) is 1. The molecule has 0 saturated carbocycles. The standard InChI is InChI=1S/C17H29N5O2S/c1-11(2)9-21-10-17(15(6)19-21)25(23,24)18-8-12(3)22-16(7)13(4)14(5)20-22/h10-12,18H,8-9H2,1-7H3/t12-/m0/s1. The van der Waals surface area contributed by atoms with Crippen LogP contribution in [0, 0.1) is 33.6 Å². The molecule has 0 radical (unpaired) electrons. The number of rotatable bonds is 7. The lowest BCUT2D eigenvalue weighted by atomic mass is 10.2. The fourth-order valence-corrected chi connectivity index (χ4v) is 4.11. The minimum Gasteiger partial charge on any atom is -0.271 e. The van der Waals surface area contributed by atoms with Gasteiger partial charge >= 0.3 is 0 Å². The van der Waals surface area contributed by atoms with E-state index in [4.69, 9.17) is 0 Å². The summed E-state index contributed by atoms with van der Waals surface area (Å²) in [7, 11) is -3.60. The topological polar surface area (TPSA) is 81.8 Å². The molecule has 0 unspecified atom stereocenters. The Morgan fingerprint density at radius 2 is 1.72 bits per heavy atom. The lowest BCUT2D eigenvalue weighted by Gasteiger charge is -2.15. The molecule has 2 rings (SSSR count). The van der Waals surface area contributed by atoms with E-state index < -0.39 is 10.0 Å². The van der Waals surface area contributed by atoms with E-state index >= 15 is 0 Å². The highest BCUT2D eigenvalue weighted by molar-refractivity contribution is 7.89. The van der Waals surface area contributed by atoms with Crippen LogP contribution in [0.4, 0.5) is 0 Å². The van der Waals surface area contributed by atoms with E-state index in [1.807, 2.05) is 32.4 Å². The van der Waals surface area contributed by atoms with Gasteiger partial charge in [0.15, 0.2) is 0 Å². The Morgan fingerprint density at radius 1 is 1.08 bits per heavy atom. The summed E-state index contributed by atoms with van der Waals surface area (Å²) in [5, 5.41) is 8.81. The molecule has 0 amide bonds. The van der Waals surface area contributed by atoms with Crippen LogP contribution in [0.2, 0.25) is 0 Å². The van der Waals surface area contributed by atoms with Crippen molar-refractivity contribution in [2.24, 2.45) is 5.92 Å². The minimum atomic E-state index is -3.60. The molecule has 0 aliphatic carbocycles. The van der Waals surface area contributed by atoms with Gasteiger partial charge in [0.1, 0.15) is 4.90 Å². The van der Waals surface area contributed by atoms with Gasteiger partial charge in [-0.15, -0.1) is 0 Å². The van der Waals surface area contributed by atoms with Crippen molar-refractivity contribution >= 4 is 10.0 Å². The minimum absolute atomic E-state index is 0.0757. The maximum absolute atomic E-state index is 12.7. The fourth-order valence-electron chi connectivity index (χ4n) is 2.80. The summed E-state index contributed by atoms with van der Waals surface area (Å²) in [6, 6.07) is -0.0757. The van der Waals surface area contributed by atoms with Gasteiger partial charge in [-0.1, -0.05) is 13.8 Å². The van der Waals surface area contributed by atoms with Crippen molar-refractivity contribution < 1.29 is 8.42 Å². The van der Waals surface area contributed by atoms with Crippen LogP contribution in [0.1, 0.15) is 49.5 Å². The van der Waals surface area contributed by atoms with Crippen molar-refractivity contribution in [3.63, 3.8) is 0 Å². The van der Waals surface area contributed by atoms with E-state index in [0.717, 1.165) is 17.0 Å². The van der Waals surface area contributed by atoms with Crippen LogP contribution in [0.25, 0.3) is 0 Å². The van der Waals surface area contributed by atoms with Crippen molar-refractivity contribution in [3.8, 4) is 0 Å². The molecule has 2 aromatic rings. The molecule has 25 heavy (non-hydrogen) atoms. The average molecular weight is 368 g/mol. The third-order valence-corrected chi connectivity index (χ3v) is 5.94. The monoisotopic (exact) mass is 367 g/mol. The molecule has 2 heterocycles. The predicted molar refractivity (Wildman–Crippen MR) is 98.1 cm³/mol. The Kier molecular flexibility index (Phi) is 5.73. The number of nitrogens with one attached hydrogen (secondary N) is 1. The van der Waals surface area contributed by atoms with Crippen molar-refractivity contribution in [1.29, 1.82) is 0 Å². The van der Waals surface area contributed by atoms with Crippen molar-refractivity contribution in [3.05, 3.63) is 28.8 Å². The Bertz CT molecular complexity index is 849. The van der Waals surface area contributed by atoms with Gasteiger partial charge in [-0.3, -0.25) is 9.36 Å². The second-order valence-electron chi connectivity index (χ2n) is 7.14. The van der Waals surface area contributed by atoms with Gasteiger partial charge in [-0.05, 0) is 46.1 Å². The molecule has 0 saturated heterocycles. The second kappa shape index (κ2) is 7.29. The zero-order chi connectivity index (χ0) is 18.9. The van der Waals surface area contributed by atoms with Gasteiger partial charge in [0, 0.05) is 25.0 Å². The molecule has 0 aliphatic rings. The largest absolute Gasteiger partial charge is 0.271 e. The molecular weight excluding hydrogens is 338 g/mol. The van der Waals surface area contributed by atoms with Gasteiger partial charge in [-0.25, -0.2) is 13.1 Å². The van der Waals surface area contributed by atoms with Gasteiger partial charge in [0.2, 0.25) is 10.0 Å². The Hall–Kier alpha value is -1.67. The van der Waals surface area contributed by atoms with E-state index in [0.29, 0.717) is 18.2 Å². The molecule has 140 valence electrons. The SMILES string of the molecule is Cc1nn(CC(C)C)cc1S(=O)(=O)NC[C@H](C)n1nc(C)c(C)c1C. The first-order valence-electron chi connectivity index (χ1n) is 8.59. The zero-order valence-electron chi connectivity index (χ0n) is 16.2. The first kappa shape index (κ1) is 19.7. The maximum Gasteiger partial charge on any atom is 0.244 e. The third-order valence-electron chi connectivity index (χ3n) is 4.42. The molecule has 0 bridgehead atoms. The fraction of sp³-hybridized carbons (Fsp3) is 0.647. The van der Waals surface area contributed by atoms with Crippen LogP contribution in [-0.4, -0.2) is 34.5 Å². The molecule has 1 N–H and O–H groups in total. The van der Waals surface area contributed by atoms with Crippen molar-refractivity contribution in [1.82, 2.24) is 24.3 Å². The highest BCUT2D eigenvalue weighted by atomic mass is 32.2. The average Bonchev–Trinajstić information content (AvgIpc) is 2.99. The molecular formula is C17H29N5O2S. The summed E-state index contributed by atoms with van der Waals surface area (Å²) >= 11 is 0. The summed E-state index contributed by atoms with van der Waals surface area (Å²) in [5.74, 6) is 0.400. The van der Waals surface area contributed by atoms with Gasteiger partial charge in [0.25, 0.3) is 0 Å². The zero-order valence-corrected chi connectivity index (χ0v) is 17.0. The lowest BCUT2D eigenvalue weighted by Crippen LogP contribution is -2.30. The summed E-state index contributed by atoms with van der Waals surface area (Å²) < 4.78 is 31.6. The molecule has 0 aromatic carbocycles. The van der Waals surface area contributed by atoms with Crippen LogP contribution in [0.3, 0.4) is 0 Å². The van der Waals surface area contributed by atoms with Gasteiger partial charge < -0.3 is 0 Å². The summed E-state index contributed by atoms with van der Waals surface area (Å²) in [5.41, 5.74) is 3.69. The van der Waals surface area contributed by atoms with Crippen molar-refractivity contribution in [2.75, 3.05) is 6.54 Å². The Labute approximate surface area is 150 Å². The summed E-state index contributed by atoms with van der Waals surface area (Å²) in [6.07, 6.45) is 1.61. The smallest absolute Gasteiger partial charge is 0.244 e. The maximum atomic E-state index is 12.7. The number of aromatic nitrogens is 4. The number of hydrogen-bond acceptors (Lipinski definition) is 4. The molecule has 1 atom stereocenters. The number of sulfonamides is 1. The molecule has 2 aromatic heterocycles. The first-order chi connectivity index (χ1) is 11.5. The Balaban J connectivity index is 2.13. The van der Waals surface area contributed by atoms with Gasteiger partial charge in [-0.2, -0.15) is 10.2 Å². The molecule has 7 nitrogen and oxygen atoms in total.